The van der Waals surface area contributed by atoms with Gasteiger partial charge in [0, 0.05) is 16.6 Å². The topological polar surface area (TPSA) is 167 Å². The average molecular weight is 913 g/mol. The van der Waals surface area contributed by atoms with Gasteiger partial charge >= 0.3 is 11.9 Å². The molecule has 0 spiro atoms. The predicted octanol–water partition coefficient (Wildman–Crippen LogP) is 5.78. The van der Waals surface area contributed by atoms with Crippen LogP contribution in [0.5, 0.6) is 28.7 Å². The summed E-state index contributed by atoms with van der Waals surface area (Å²) < 4.78 is 76.5. The summed E-state index contributed by atoms with van der Waals surface area (Å²) in [6.45, 7) is 4.98. The van der Waals surface area contributed by atoms with Crippen LogP contribution in [0.15, 0.2) is 77.3 Å². The molecule has 0 radical (unpaired) electrons. The molecule has 328 valence electrons. The number of ether oxygens (including phenoxy) is 13. The minimum atomic E-state index is -0.790. The molecule has 17 heteroatoms. The van der Waals surface area contributed by atoms with Crippen LogP contribution in [0.3, 0.4) is 0 Å². The number of nitrogens with zero attached hydrogens (tertiary/aromatic N) is 1. The van der Waals surface area contributed by atoms with E-state index in [-0.39, 0.29) is 76.6 Å². The second kappa shape index (κ2) is 25.7. The lowest BCUT2D eigenvalue weighted by Crippen LogP contribution is -2.16. The van der Waals surface area contributed by atoms with E-state index in [0.29, 0.717) is 100 Å². The SMILES string of the molecule is O=C1OCc2ccc3c(c2)OCCOCCOCCOCCOc2cc(ccc2OCCOCCOCCOCCO3)COC(=O)c2cc(OCc3ccc(Br)cc3)cc1n2. The number of carbonyl (C=O) groups is 2. The zero-order chi connectivity index (χ0) is 42.3. The Morgan fingerprint density at radius 1 is 0.443 bits per heavy atom. The lowest BCUT2D eigenvalue weighted by atomic mass is 10.2. The molecule has 0 aliphatic carbocycles. The van der Waals surface area contributed by atoms with Crippen LogP contribution in [0, 0.1) is 0 Å². The van der Waals surface area contributed by atoms with Crippen molar-refractivity contribution in [2.24, 2.45) is 0 Å². The van der Waals surface area contributed by atoms with Crippen LogP contribution < -0.4 is 23.7 Å². The third kappa shape index (κ3) is 16.1. The second-order valence-corrected chi connectivity index (χ2v) is 14.2. The second-order valence-electron chi connectivity index (χ2n) is 13.3. The van der Waals surface area contributed by atoms with Gasteiger partial charge in [0.2, 0.25) is 0 Å². The molecule has 16 nitrogen and oxygen atoms in total. The summed E-state index contributed by atoms with van der Waals surface area (Å²) in [7, 11) is 0. The molecule has 1 aromatic heterocycles. The van der Waals surface area contributed by atoms with Gasteiger partial charge in [-0.15, -0.1) is 0 Å². The highest BCUT2D eigenvalue weighted by molar-refractivity contribution is 9.10. The van der Waals surface area contributed by atoms with Gasteiger partial charge in [-0.1, -0.05) is 40.2 Å². The number of hydrogen-bond acceptors (Lipinski definition) is 16. The Kier molecular flexibility index (Phi) is 19.2. The minimum Gasteiger partial charge on any atom is -0.489 e. The van der Waals surface area contributed by atoms with Crippen LogP contribution in [-0.4, -0.2) is 123 Å². The summed E-state index contributed by atoms with van der Waals surface area (Å²) in [5, 5.41) is 0. The maximum Gasteiger partial charge on any atom is 0.357 e. The van der Waals surface area contributed by atoms with E-state index in [1.807, 2.05) is 24.3 Å². The first kappa shape index (κ1) is 45.5. The van der Waals surface area contributed by atoms with Crippen LogP contribution in [-0.2, 0) is 57.7 Å². The van der Waals surface area contributed by atoms with Gasteiger partial charge in [-0.3, -0.25) is 0 Å². The van der Waals surface area contributed by atoms with Crippen molar-refractivity contribution in [2.45, 2.75) is 19.8 Å². The van der Waals surface area contributed by atoms with Gasteiger partial charge in [0.25, 0.3) is 0 Å². The van der Waals surface area contributed by atoms with Crippen molar-refractivity contribution in [3.8, 4) is 28.7 Å². The molecular weight excluding hydrogens is 862 g/mol. The van der Waals surface area contributed by atoms with Gasteiger partial charge in [0.05, 0.1) is 79.3 Å². The molecule has 0 N–H and O–H groups in total. The monoisotopic (exact) mass is 911 g/mol. The van der Waals surface area contributed by atoms with Crippen molar-refractivity contribution in [2.75, 3.05) is 106 Å². The molecule has 0 unspecified atom stereocenters. The van der Waals surface area contributed by atoms with Crippen molar-refractivity contribution in [1.29, 1.82) is 0 Å². The highest BCUT2D eigenvalue weighted by Gasteiger charge is 2.20. The number of pyridine rings is 1. The Labute approximate surface area is 362 Å². The number of rotatable bonds is 3. The Balaban J connectivity index is 1.26. The van der Waals surface area contributed by atoms with E-state index < -0.39 is 11.9 Å². The molecule has 3 aromatic carbocycles. The maximum atomic E-state index is 13.6. The first-order valence-corrected chi connectivity index (χ1v) is 20.8. The number of carbonyl (C=O) groups excluding carboxylic acids is 2. The van der Waals surface area contributed by atoms with E-state index in [1.54, 1.807) is 36.4 Å². The molecule has 4 aliphatic rings. The summed E-state index contributed by atoms with van der Waals surface area (Å²) in [6, 6.07) is 20.8. The summed E-state index contributed by atoms with van der Waals surface area (Å²) in [4.78, 5) is 31.5. The fourth-order valence-electron chi connectivity index (χ4n) is 5.67. The van der Waals surface area contributed by atoms with Crippen molar-refractivity contribution in [1.82, 2.24) is 4.98 Å². The summed E-state index contributed by atoms with van der Waals surface area (Å²) in [5.41, 5.74) is 1.78. The fourth-order valence-corrected chi connectivity index (χ4v) is 5.93. The van der Waals surface area contributed by atoms with E-state index in [9.17, 15) is 9.59 Å². The third-order valence-corrected chi connectivity index (χ3v) is 9.25. The molecule has 4 aromatic rings. The van der Waals surface area contributed by atoms with Gasteiger partial charge in [0.15, 0.2) is 34.4 Å². The zero-order valence-electron chi connectivity index (χ0n) is 33.8. The van der Waals surface area contributed by atoms with E-state index in [0.717, 1.165) is 10.0 Å². The average Bonchev–Trinajstić information content (AvgIpc) is 3.27. The summed E-state index contributed by atoms with van der Waals surface area (Å²) in [6.07, 6.45) is 0. The Morgan fingerprint density at radius 3 is 1.23 bits per heavy atom. The standard InChI is InChI=1S/C44H50BrNO15/c45-35-5-1-32(2-6-35)29-59-36-27-37-43(47)60-30-33-3-7-39-41(25-33)57-23-19-53-15-11-50-12-16-54-20-24-58-42-26-34(31-61-44(48)38(28-36)46-37)4-8-40(42)56-22-18-52-14-10-49-9-13-51-17-21-55-39/h1-8,25-28H,9-24,29-31H2. The molecule has 0 amide bonds. The van der Waals surface area contributed by atoms with E-state index in [4.69, 9.17) is 61.6 Å². The van der Waals surface area contributed by atoms with E-state index in [2.05, 4.69) is 20.9 Å². The number of fused-ring (bicyclic) bond motifs is 13. The highest BCUT2D eigenvalue weighted by atomic mass is 79.9. The molecule has 0 fully saturated rings. The first-order valence-electron chi connectivity index (χ1n) is 20.0. The van der Waals surface area contributed by atoms with E-state index in [1.165, 1.54) is 12.1 Å². The van der Waals surface area contributed by atoms with Gasteiger partial charge < -0.3 is 61.6 Å². The molecule has 61 heavy (non-hydrogen) atoms. The van der Waals surface area contributed by atoms with Crippen molar-refractivity contribution < 1.29 is 71.2 Å². The number of halogens is 1. The smallest absolute Gasteiger partial charge is 0.357 e. The number of aromatic nitrogens is 1. The Morgan fingerprint density at radius 2 is 0.820 bits per heavy atom. The molecule has 8 rings (SSSR count). The largest absolute Gasteiger partial charge is 0.489 e. The highest BCUT2D eigenvalue weighted by Crippen LogP contribution is 2.31. The van der Waals surface area contributed by atoms with Gasteiger partial charge in [-0.25, -0.2) is 14.6 Å². The molecule has 0 saturated heterocycles. The third-order valence-electron chi connectivity index (χ3n) is 8.72. The van der Waals surface area contributed by atoms with Crippen LogP contribution in [0.25, 0.3) is 0 Å². The van der Waals surface area contributed by atoms with Crippen LogP contribution in [0.4, 0.5) is 0 Å². The van der Waals surface area contributed by atoms with E-state index >= 15 is 0 Å². The van der Waals surface area contributed by atoms with Gasteiger partial charge in [0.1, 0.15) is 52.0 Å². The lowest BCUT2D eigenvalue weighted by molar-refractivity contribution is 0.00246. The number of benzene rings is 3. The summed E-state index contributed by atoms with van der Waals surface area (Å²) >= 11 is 3.44. The van der Waals surface area contributed by atoms with Crippen molar-refractivity contribution >= 4 is 27.9 Å². The number of esters is 2. The Hall–Kier alpha value is -5.01. The van der Waals surface area contributed by atoms with Crippen LogP contribution in [0.1, 0.15) is 37.7 Å². The predicted molar refractivity (Wildman–Crippen MR) is 221 cm³/mol. The van der Waals surface area contributed by atoms with Crippen molar-refractivity contribution in [3.05, 3.63) is 105 Å². The van der Waals surface area contributed by atoms with Gasteiger partial charge in [-0.2, -0.15) is 0 Å². The minimum absolute atomic E-state index is 0.142. The fraction of sp³-hybridized carbons (Fsp3) is 0.432. The van der Waals surface area contributed by atoms with Gasteiger partial charge in [-0.05, 0) is 53.1 Å². The molecule has 0 saturated carbocycles. The summed E-state index contributed by atoms with van der Waals surface area (Å²) in [5.74, 6) is 0.416. The van der Waals surface area contributed by atoms with Crippen LogP contribution >= 0.6 is 15.9 Å². The first-order chi connectivity index (χ1) is 30.0. The maximum absolute atomic E-state index is 13.6. The molecule has 0 atom stereocenters. The molecular formula is C44H50BrNO15. The molecule has 4 aliphatic heterocycles. The Bertz CT molecular complexity index is 1850. The van der Waals surface area contributed by atoms with Crippen LogP contribution in [0.2, 0.25) is 0 Å². The zero-order valence-corrected chi connectivity index (χ0v) is 35.4. The number of hydrogen-bond donors (Lipinski definition) is 0. The molecule has 8 bridgehead atoms. The lowest BCUT2D eigenvalue weighted by Gasteiger charge is -2.16. The normalized spacial score (nSPS) is 17.6. The quantitative estimate of drug-likeness (QED) is 0.179. The molecule has 5 heterocycles. The van der Waals surface area contributed by atoms with Crippen molar-refractivity contribution in [3.63, 3.8) is 0 Å².